The number of aryl methyl sites for hydroxylation is 2. The van der Waals surface area contributed by atoms with E-state index in [4.69, 9.17) is 19.3 Å². The van der Waals surface area contributed by atoms with Gasteiger partial charge in [-0.3, -0.25) is 0 Å². The Kier molecular flexibility index (Phi) is 6.31. The number of hydrogen-bond donors (Lipinski definition) is 1. The normalized spacial score (nSPS) is 10.7. The van der Waals surface area contributed by atoms with Gasteiger partial charge in [0.1, 0.15) is 5.56 Å². The zero-order valence-corrected chi connectivity index (χ0v) is 11.5. The Morgan fingerprint density at radius 1 is 1.32 bits per heavy atom. The summed E-state index contributed by atoms with van der Waals surface area (Å²) in [6.07, 6.45) is 0.674. The zero-order valence-electron chi connectivity index (χ0n) is 11.5. The van der Waals surface area contributed by atoms with E-state index in [1.165, 1.54) is 4.68 Å². The lowest BCUT2D eigenvalue weighted by molar-refractivity contribution is 0.0632. The number of carboxylic acid groups (broad SMARTS) is 1. The molecule has 1 heterocycles. The molecule has 1 aromatic heterocycles. The fraction of sp³-hybridized carbons (Fsp3) is 0.667. The SMILES string of the molecule is COCCOCCCOc1c(C(=O)O)c(C)nn1C. The van der Waals surface area contributed by atoms with Gasteiger partial charge in [-0.1, -0.05) is 0 Å². The number of methoxy groups -OCH3 is 1. The highest BCUT2D eigenvalue weighted by atomic mass is 16.5. The molecule has 0 aliphatic heterocycles. The Labute approximate surface area is 112 Å². The first kappa shape index (κ1) is 15.5. The fourth-order valence-electron chi connectivity index (χ4n) is 1.62. The summed E-state index contributed by atoms with van der Waals surface area (Å²) in [5.41, 5.74) is 0.559. The number of carboxylic acids is 1. The van der Waals surface area contributed by atoms with Crippen LogP contribution >= 0.6 is 0 Å². The summed E-state index contributed by atoms with van der Waals surface area (Å²) < 4.78 is 17.0. The van der Waals surface area contributed by atoms with Gasteiger partial charge >= 0.3 is 5.97 Å². The molecule has 108 valence electrons. The molecule has 0 aliphatic rings. The van der Waals surface area contributed by atoms with Crippen LogP contribution in [-0.2, 0) is 16.5 Å². The number of ether oxygens (including phenoxy) is 3. The van der Waals surface area contributed by atoms with Crippen LogP contribution in [-0.4, -0.2) is 54.4 Å². The van der Waals surface area contributed by atoms with Crippen molar-refractivity contribution < 1.29 is 24.1 Å². The Morgan fingerprint density at radius 2 is 2.05 bits per heavy atom. The summed E-state index contributed by atoms with van der Waals surface area (Å²) in [4.78, 5) is 11.1. The molecule has 0 bridgehead atoms. The quantitative estimate of drug-likeness (QED) is 0.671. The second-order valence-corrected chi connectivity index (χ2v) is 4.00. The zero-order chi connectivity index (χ0) is 14.3. The van der Waals surface area contributed by atoms with Crippen LogP contribution in [0.5, 0.6) is 5.88 Å². The predicted octanol–water partition coefficient (Wildman–Crippen LogP) is 0.859. The third-order valence-corrected chi connectivity index (χ3v) is 2.49. The summed E-state index contributed by atoms with van der Waals surface area (Å²) in [6.45, 7) is 3.67. The maximum Gasteiger partial charge on any atom is 0.343 e. The van der Waals surface area contributed by atoms with Gasteiger partial charge in [0.25, 0.3) is 0 Å². The molecule has 7 nitrogen and oxygen atoms in total. The van der Waals surface area contributed by atoms with Gasteiger partial charge in [-0.05, 0) is 6.92 Å². The summed E-state index contributed by atoms with van der Waals surface area (Å²) in [6, 6.07) is 0. The molecule has 0 aliphatic carbocycles. The molecular formula is C12H20N2O5. The number of hydrogen-bond acceptors (Lipinski definition) is 5. The van der Waals surface area contributed by atoms with Gasteiger partial charge in [-0.25, -0.2) is 9.48 Å². The third-order valence-electron chi connectivity index (χ3n) is 2.49. The lowest BCUT2D eigenvalue weighted by Gasteiger charge is -2.07. The largest absolute Gasteiger partial charge is 0.477 e. The first-order chi connectivity index (χ1) is 9.07. The number of nitrogens with zero attached hydrogens (tertiary/aromatic N) is 2. The first-order valence-corrected chi connectivity index (χ1v) is 6.04. The van der Waals surface area contributed by atoms with E-state index in [0.717, 1.165) is 0 Å². The van der Waals surface area contributed by atoms with Gasteiger partial charge in [0.05, 0.1) is 25.5 Å². The maximum absolute atomic E-state index is 11.1. The summed E-state index contributed by atoms with van der Waals surface area (Å²) in [5.74, 6) is -0.751. The minimum atomic E-state index is -1.03. The van der Waals surface area contributed by atoms with Crippen molar-refractivity contribution in [2.24, 2.45) is 7.05 Å². The van der Waals surface area contributed by atoms with E-state index in [1.54, 1.807) is 21.1 Å². The minimum absolute atomic E-state index is 0.114. The monoisotopic (exact) mass is 272 g/mol. The highest BCUT2D eigenvalue weighted by molar-refractivity contribution is 5.91. The van der Waals surface area contributed by atoms with Crippen LogP contribution in [0, 0.1) is 6.92 Å². The Bertz CT molecular complexity index is 416. The molecule has 0 amide bonds. The average Bonchev–Trinajstić information content (AvgIpc) is 2.63. The van der Waals surface area contributed by atoms with Crippen LogP contribution in [0.15, 0.2) is 0 Å². The molecule has 0 fully saturated rings. The Morgan fingerprint density at radius 3 is 2.68 bits per heavy atom. The molecule has 19 heavy (non-hydrogen) atoms. The summed E-state index contributed by atoms with van der Waals surface area (Å²) in [7, 11) is 3.27. The molecule has 0 atom stereocenters. The molecule has 0 spiro atoms. The van der Waals surface area contributed by atoms with Gasteiger partial charge in [-0.15, -0.1) is 0 Å². The Hall–Kier alpha value is -1.60. The number of carbonyl (C=O) groups is 1. The highest BCUT2D eigenvalue weighted by Crippen LogP contribution is 2.21. The smallest absolute Gasteiger partial charge is 0.343 e. The van der Waals surface area contributed by atoms with Crippen LogP contribution in [0.25, 0.3) is 0 Å². The van der Waals surface area contributed by atoms with Crippen molar-refractivity contribution in [3.05, 3.63) is 11.3 Å². The van der Waals surface area contributed by atoms with Crippen molar-refractivity contribution >= 4 is 5.97 Å². The second-order valence-electron chi connectivity index (χ2n) is 4.00. The van der Waals surface area contributed by atoms with E-state index >= 15 is 0 Å². The average molecular weight is 272 g/mol. The van der Waals surface area contributed by atoms with Crippen LogP contribution in [0.1, 0.15) is 22.5 Å². The van der Waals surface area contributed by atoms with Crippen molar-refractivity contribution in [1.82, 2.24) is 9.78 Å². The topological polar surface area (TPSA) is 82.8 Å². The molecule has 1 rings (SSSR count). The van der Waals surface area contributed by atoms with E-state index in [-0.39, 0.29) is 11.4 Å². The van der Waals surface area contributed by atoms with Gasteiger partial charge in [0.2, 0.25) is 5.88 Å². The second kappa shape index (κ2) is 7.75. The van der Waals surface area contributed by atoms with Crippen molar-refractivity contribution in [2.75, 3.05) is 33.5 Å². The van der Waals surface area contributed by atoms with E-state index in [1.807, 2.05) is 0 Å². The lowest BCUT2D eigenvalue weighted by Crippen LogP contribution is -2.10. The van der Waals surface area contributed by atoms with E-state index in [0.29, 0.717) is 38.5 Å². The molecule has 0 unspecified atom stereocenters. The first-order valence-electron chi connectivity index (χ1n) is 6.04. The van der Waals surface area contributed by atoms with Crippen LogP contribution in [0.3, 0.4) is 0 Å². The molecule has 7 heteroatoms. The van der Waals surface area contributed by atoms with E-state index in [9.17, 15) is 4.79 Å². The van der Waals surface area contributed by atoms with E-state index < -0.39 is 5.97 Å². The standard InChI is InChI=1S/C12H20N2O5/c1-9-10(12(15)16)11(14(2)13-9)19-6-4-5-18-8-7-17-3/h4-8H2,1-3H3,(H,15,16). The minimum Gasteiger partial charge on any atom is -0.477 e. The van der Waals surface area contributed by atoms with Gasteiger partial charge in [-0.2, -0.15) is 5.10 Å². The molecule has 1 aromatic rings. The predicted molar refractivity (Wildman–Crippen MR) is 67.7 cm³/mol. The van der Waals surface area contributed by atoms with Crippen LogP contribution in [0.2, 0.25) is 0 Å². The molecule has 0 radical (unpaired) electrons. The van der Waals surface area contributed by atoms with Gasteiger partial charge < -0.3 is 19.3 Å². The van der Waals surface area contributed by atoms with E-state index in [2.05, 4.69) is 5.10 Å². The number of aromatic carboxylic acids is 1. The van der Waals surface area contributed by atoms with Crippen molar-refractivity contribution in [2.45, 2.75) is 13.3 Å². The van der Waals surface area contributed by atoms with Gasteiger partial charge in [0, 0.05) is 27.2 Å². The summed E-state index contributed by atoms with van der Waals surface area (Å²) in [5, 5.41) is 13.1. The number of rotatable bonds is 9. The third kappa shape index (κ3) is 4.53. The molecule has 0 saturated heterocycles. The summed E-state index contributed by atoms with van der Waals surface area (Å²) >= 11 is 0. The molecular weight excluding hydrogens is 252 g/mol. The molecule has 1 N–H and O–H groups in total. The van der Waals surface area contributed by atoms with Crippen LogP contribution in [0.4, 0.5) is 0 Å². The fourth-order valence-corrected chi connectivity index (χ4v) is 1.62. The number of aromatic nitrogens is 2. The lowest BCUT2D eigenvalue weighted by atomic mass is 10.2. The Balaban J connectivity index is 2.39. The van der Waals surface area contributed by atoms with Crippen LogP contribution < -0.4 is 4.74 Å². The van der Waals surface area contributed by atoms with Crippen molar-refractivity contribution in [3.8, 4) is 5.88 Å². The van der Waals surface area contributed by atoms with Gasteiger partial charge in [0.15, 0.2) is 0 Å². The van der Waals surface area contributed by atoms with Crippen molar-refractivity contribution in [3.63, 3.8) is 0 Å². The van der Waals surface area contributed by atoms with Crippen molar-refractivity contribution in [1.29, 1.82) is 0 Å². The highest BCUT2D eigenvalue weighted by Gasteiger charge is 2.20. The maximum atomic E-state index is 11.1. The molecule has 0 aromatic carbocycles. The molecule has 0 saturated carbocycles.